The number of alkyl halides is 3. The molecule has 0 aromatic carbocycles. The summed E-state index contributed by atoms with van der Waals surface area (Å²) in [6.07, 6.45) is 1.49. The molecular formula is C17H27Cl3N2O4. The highest BCUT2D eigenvalue weighted by Crippen LogP contribution is 2.36. The molecule has 0 spiro atoms. The van der Waals surface area contributed by atoms with Gasteiger partial charge in [-0.1, -0.05) is 55.6 Å². The molecule has 1 aliphatic rings. The highest BCUT2D eigenvalue weighted by molar-refractivity contribution is 6.67. The summed E-state index contributed by atoms with van der Waals surface area (Å²) in [6.45, 7) is 5.63. The van der Waals surface area contributed by atoms with Gasteiger partial charge in [-0.15, -0.1) is 0 Å². The van der Waals surface area contributed by atoms with E-state index in [1.165, 1.54) is 18.1 Å². The van der Waals surface area contributed by atoms with Crippen molar-refractivity contribution >= 4 is 46.6 Å². The maximum absolute atomic E-state index is 13.1. The van der Waals surface area contributed by atoms with Gasteiger partial charge in [0.05, 0.1) is 13.2 Å². The summed E-state index contributed by atoms with van der Waals surface area (Å²) in [5.41, 5.74) is 0. The van der Waals surface area contributed by atoms with Gasteiger partial charge >= 0.3 is 0 Å². The van der Waals surface area contributed by atoms with Crippen LogP contribution in [0.25, 0.3) is 0 Å². The van der Waals surface area contributed by atoms with E-state index in [4.69, 9.17) is 39.5 Å². The minimum Gasteiger partial charge on any atom is -0.499 e. The standard InChI is InChI=1S/C17H27Cl3N2O4/c1-5-14(23)21-11(8-10(2)3)16(25)22-12(6-7-17(18,19)20)13(26-4)9-15(22)24/h9-12,15,24H,5-8H2,1-4H3,(H,21,23)/t11-,12+,15?/m1/s1. The number of methoxy groups -OCH3 is 1. The number of nitrogens with one attached hydrogen (secondary N) is 1. The van der Waals surface area contributed by atoms with E-state index in [1.54, 1.807) is 6.92 Å². The first kappa shape index (κ1) is 23.3. The van der Waals surface area contributed by atoms with Crippen LogP contribution in [0.3, 0.4) is 0 Å². The highest BCUT2D eigenvalue weighted by Gasteiger charge is 2.41. The Balaban J connectivity index is 3.03. The minimum absolute atomic E-state index is 0.176. The average Bonchev–Trinajstić information content (AvgIpc) is 2.85. The second-order valence-electron chi connectivity index (χ2n) is 6.71. The smallest absolute Gasteiger partial charge is 0.248 e. The molecule has 1 unspecified atom stereocenters. The largest absolute Gasteiger partial charge is 0.499 e. The second kappa shape index (κ2) is 10.0. The predicted octanol–water partition coefficient (Wildman–Crippen LogP) is 3.14. The van der Waals surface area contributed by atoms with Crippen molar-refractivity contribution in [1.82, 2.24) is 10.2 Å². The Hall–Kier alpha value is -0.690. The van der Waals surface area contributed by atoms with E-state index < -0.39 is 22.1 Å². The number of halogens is 3. The maximum atomic E-state index is 13.1. The Bertz CT molecular complexity index is 535. The lowest BCUT2D eigenvalue weighted by molar-refractivity contribution is -0.145. The zero-order chi connectivity index (χ0) is 20.1. The fraction of sp³-hybridized carbons (Fsp3) is 0.765. The zero-order valence-electron chi connectivity index (χ0n) is 15.5. The number of nitrogens with zero attached hydrogens (tertiary/aromatic N) is 1. The number of rotatable bonds is 8. The first-order chi connectivity index (χ1) is 12.0. The molecule has 2 N–H and O–H groups in total. The molecule has 0 aliphatic carbocycles. The Morgan fingerprint density at radius 2 is 2.00 bits per heavy atom. The second-order valence-corrected chi connectivity index (χ2v) is 9.22. The van der Waals surface area contributed by atoms with E-state index in [2.05, 4.69) is 5.32 Å². The van der Waals surface area contributed by atoms with Crippen LogP contribution in [0, 0.1) is 5.92 Å². The first-order valence-electron chi connectivity index (χ1n) is 8.62. The van der Waals surface area contributed by atoms with E-state index in [-0.39, 0.29) is 30.6 Å². The summed E-state index contributed by atoms with van der Waals surface area (Å²) < 4.78 is 3.82. The molecule has 26 heavy (non-hydrogen) atoms. The number of hydrogen-bond acceptors (Lipinski definition) is 4. The van der Waals surface area contributed by atoms with Crippen LogP contribution in [0.2, 0.25) is 0 Å². The number of aliphatic hydroxyl groups excluding tert-OH is 1. The molecule has 1 rings (SSSR count). The van der Waals surface area contributed by atoms with Crippen molar-refractivity contribution in [3.8, 4) is 0 Å². The van der Waals surface area contributed by atoms with Crippen molar-refractivity contribution in [2.24, 2.45) is 5.92 Å². The van der Waals surface area contributed by atoms with Crippen LogP contribution >= 0.6 is 34.8 Å². The topological polar surface area (TPSA) is 78.9 Å². The number of amides is 2. The third kappa shape index (κ3) is 6.80. The van der Waals surface area contributed by atoms with Gasteiger partial charge in [-0.25, -0.2) is 0 Å². The van der Waals surface area contributed by atoms with Gasteiger partial charge in [0.25, 0.3) is 0 Å². The van der Waals surface area contributed by atoms with Crippen LogP contribution in [0.15, 0.2) is 11.8 Å². The van der Waals surface area contributed by atoms with E-state index >= 15 is 0 Å². The lowest BCUT2D eigenvalue weighted by Crippen LogP contribution is -2.53. The van der Waals surface area contributed by atoms with Crippen LogP contribution in [-0.2, 0) is 14.3 Å². The SMILES string of the molecule is CCC(=O)N[C@H](CC(C)C)C(=O)N1C(O)C=C(OC)[C@@H]1CCC(Cl)(Cl)Cl. The van der Waals surface area contributed by atoms with Crippen LogP contribution < -0.4 is 5.32 Å². The van der Waals surface area contributed by atoms with Crippen molar-refractivity contribution in [1.29, 1.82) is 0 Å². The molecule has 6 nitrogen and oxygen atoms in total. The number of aliphatic hydroxyl groups is 1. The van der Waals surface area contributed by atoms with Crippen LogP contribution in [-0.4, -0.2) is 51.0 Å². The minimum atomic E-state index is -1.48. The fourth-order valence-electron chi connectivity index (χ4n) is 2.90. The van der Waals surface area contributed by atoms with E-state index in [1.807, 2.05) is 13.8 Å². The molecule has 1 heterocycles. The van der Waals surface area contributed by atoms with E-state index in [0.29, 0.717) is 18.6 Å². The predicted molar refractivity (Wildman–Crippen MR) is 103 cm³/mol. The lowest BCUT2D eigenvalue weighted by atomic mass is 10.0. The third-order valence-electron chi connectivity index (χ3n) is 4.12. The Morgan fingerprint density at radius 3 is 2.46 bits per heavy atom. The summed E-state index contributed by atoms with van der Waals surface area (Å²) in [5.74, 6) is 0.00150. The molecule has 3 atom stereocenters. The molecule has 2 amide bonds. The van der Waals surface area contributed by atoms with Crippen LogP contribution in [0.1, 0.15) is 46.5 Å². The fourth-order valence-corrected chi connectivity index (χ4v) is 3.23. The summed E-state index contributed by atoms with van der Waals surface area (Å²) >= 11 is 17.5. The van der Waals surface area contributed by atoms with Crippen molar-refractivity contribution < 1.29 is 19.4 Å². The summed E-state index contributed by atoms with van der Waals surface area (Å²) in [6, 6.07) is -1.30. The molecule has 9 heteroatoms. The molecule has 0 saturated heterocycles. The highest BCUT2D eigenvalue weighted by atomic mass is 35.6. The first-order valence-corrected chi connectivity index (χ1v) is 9.75. The van der Waals surface area contributed by atoms with Crippen molar-refractivity contribution in [2.75, 3.05) is 7.11 Å². The molecule has 0 radical (unpaired) electrons. The van der Waals surface area contributed by atoms with Gasteiger partial charge in [0, 0.05) is 12.5 Å². The number of carbonyl (C=O) groups is 2. The lowest BCUT2D eigenvalue weighted by Gasteiger charge is -2.33. The molecule has 1 aliphatic heterocycles. The Labute approximate surface area is 169 Å². The van der Waals surface area contributed by atoms with Crippen LogP contribution in [0.5, 0.6) is 0 Å². The molecule has 0 saturated carbocycles. The Kier molecular flexibility index (Phi) is 9.00. The average molecular weight is 430 g/mol. The normalized spacial score (nSPS) is 21.6. The van der Waals surface area contributed by atoms with Crippen molar-refractivity contribution in [3.63, 3.8) is 0 Å². The van der Waals surface area contributed by atoms with Crippen molar-refractivity contribution in [3.05, 3.63) is 11.8 Å². The summed E-state index contributed by atoms with van der Waals surface area (Å²) in [5, 5.41) is 13.1. The third-order valence-corrected chi connectivity index (χ3v) is 4.68. The molecule has 150 valence electrons. The zero-order valence-corrected chi connectivity index (χ0v) is 17.7. The molecule has 0 aromatic rings. The maximum Gasteiger partial charge on any atom is 0.248 e. The monoisotopic (exact) mass is 428 g/mol. The van der Waals surface area contributed by atoms with Crippen LogP contribution in [0.4, 0.5) is 0 Å². The van der Waals surface area contributed by atoms with Gasteiger partial charge in [-0.05, 0) is 25.2 Å². The molecule has 0 fully saturated rings. The van der Waals surface area contributed by atoms with Gasteiger partial charge in [-0.3, -0.25) is 9.59 Å². The summed E-state index contributed by atoms with van der Waals surface area (Å²) in [7, 11) is 1.46. The van der Waals surface area contributed by atoms with Gasteiger partial charge in [0.2, 0.25) is 11.8 Å². The summed E-state index contributed by atoms with van der Waals surface area (Å²) in [4.78, 5) is 26.2. The molecule has 0 aromatic heterocycles. The quantitative estimate of drug-likeness (QED) is 0.581. The van der Waals surface area contributed by atoms with E-state index in [9.17, 15) is 14.7 Å². The number of hydrogen-bond donors (Lipinski definition) is 2. The van der Waals surface area contributed by atoms with Gasteiger partial charge in [0.1, 0.15) is 11.8 Å². The van der Waals surface area contributed by atoms with Gasteiger partial charge in [-0.2, -0.15) is 0 Å². The molecule has 0 bridgehead atoms. The number of ether oxygens (including phenoxy) is 1. The molecular weight excluding hydrogens is 403 g/mol. The van der Waals surface area contributed by atoms with Gasteiger partial charge < -0.3 is 20.1 Å². The van der Waals surface area contributed by atoms with Crippen molar-refractivity contribution in [2.45, 2.75) is 68.6 Å². The van der Waals surface area contributed by atoms with Gasteiger partial charge in [0.15, 0.2) is 10.0 Å². The van der Waals surface area contributed by atoms with E-state index in [0.717, 1.165) is 0 Å². The Morgan fingerprint density at radius 1 is 1.38 bits per heavy atom. The number of carbonyl (C=O) groups excluding carboxylic acids is 2.